The highest BCUT2D eigenvalue weighted by Gasteiger charge is 2.14. The van der Waals surface area contributed by atoms with Crippen molar-refractivity contribution in [1.29, 1.82) is 0 Å². The number of aryl methyl sites for hydroxylation is 4. The second-order valence-corrected chi connectivity index (χ2v) is 6.63. The van der Waals surface area contributed by atoms with E-state index in [1.807, 2.05) is 58.0 Å². The molecule has 25 heavy (non-hydrogen) atoms. The van der Waals surface area contributed by atoms with Crippen molar-refractivity contribution < 1.29 is 9.59 Å². The predicted octanol–water partition coefficient (Wildman–Crippen LogP) is 4.30. The summed E-state index contributed by atoms with van der Waals surface area (Å²) in [5.41, 5.74) is 6.04. The number of carbonyl (C=O) groups excluding carboxylic acids is 2. The number of benzene rings is 2. The van der Waals surface area contributed by atoms with Crippen molar-refractivity contribution in [3.8, 4) is 0 Å². The molecule has 4 heteroatoms. The van der Waals surface area contributed by atoms with Gasteiger partial charge in [-0.15, -0.1) is 0 Å². The van der Waals surface area contributed by atoms with Crippen molar-refractivity contribution in [1.82, 2.24) is 0 Å². The van der Waals surface area contributed by atoms with Gasteiger partial charge in [-0.1, -0.05) is 23.8 Å². The smallest absolute Gasteiger partial charge is 0.226 e. The fraction of sp³-hybridized carbons (Fsp3) is 0.333. The van der Waals surface area contributed by atoms with E-state index in [2.05, 4.69) is 11.4 Å². The Hall–Kier alpha value is -2.62. The molecule has 0 atom stereocenters. The monoisotopic (exact) mass is 338 g/mol. The zero-order valence-electron chi connectivity index (χ0n) is 15.6. The predicted molar refractivity (Wildman–Crippen MR) is 103 cm³/mol. The molecule has 4 nitrogen and oxygen atoms in total. The lowest BCUT2D eigenvalue weighted by atomic mass is 10.1. The minimum Gasteiger partial charge on any atom is -0.326 e. The van der Waals surface area contributed by atoms with Crippen molar-refractivity contribution in [3.05, 3.63) is 58.7 Å². The SMILES string of the molecule is CC(=O)N(CCC(=O)Nc1ccc(C)cc1C)c1cc(C)cc(C)c1. The summed E-state index contributed by atoms with van der Waals surface area (Å²) in [5, 5.41) is 2.93. The van der Waals surface area contributed by atoms with E-state index in [1.165, 1.54) is 6.92 Å². The Morgan fingerprint density at radius 1 is 0.920 bits per heavy atom. The molecule has 0 saturated carbocycles. The molecule has 2 aromatic rings. The van der Waals surface area contributed by atoms with Crippen LogP contribution in [0.4, 0.5) is 11.4 Å². The maximum Gasteiger partial charge on any atom is 0.226 e. The molecular weight excluding hydrogens is 312 g/mol. The first-order valence-corrected chi connectivity index (χ1v) is 8.50. The highest BCUT2D eigenvalue weighted by molar-refractivity contribution is 5.95. The van der Waals surface area contributed by atoms with E-state index in [9.17, 15) is 9.59 Å². The van der Waals surface area contributed by atoms with Crippen LogP contribution in [0.1, 0.15) is 35.6 Å². The van der Waals surface area contributed by atoms with Gasteiger partial charge < -0.3 is 10.2 Å². The molecule has 132 valence electrons. The molecule has 0 aliphatic heterocycles. The summed E-state index contributed by atoms with van der Waals surface area (Å²) in [6, 6.07) is 11.9. The van der Waals surface area contributed by atoms with Gasteiger partial charge in [0.05, 0.1) is 0 Å². The molecule has 0 bridgehead atoms. The van der Waals surface area contributed by atoms with Crippen LogP contribution in [0, 0.1) is 27.7 Å². The minimum absolute atomic E-state index is 0.0654. The number of amides is 2. The standard InChI is InChI=1S/C21H26N2O2/c1-14-6-7-20(17(4)11-14)22-21(25)8-9-23(18(5)24)19-12-15(2)10-16(3)13-19/h6-7,10-13H,8-9H2,1-5H3,(H,22,25). The van der Waals surface area contributed by atoms with Gasteiger partial charge in [-0.25, -0.2) is 0 Å². The minimum atomic E-state index is -0.0948. The molecular formula is C21H26N2O2. The summed E-state index contributed by atoms with van der Waals surface area (Å²) in [6.45, 7) is 9.88. The van der Waals surface area contributed by atoms with Crippen LogP contribution in [0.2, 0.25) is 0 Å². The number of rotatable bonds is 5. The Balaban J connectivity index is 2.05. The van der Waals surface area contributed by atoms with Gasteiger partial charge >= 0.3 is 0 Å². The molecule has 0 radical (unpaired) electrons. The van der Waals surface area contributed by atoms with Crippen LogP contribution in [0.25, 0.3) is 0 Å². The number of hydrogen-bond acceptors (Lipinski definition) is 2. The number of hydrogen-bond donors (Lipinski definition) is 1. The van der Waals surface area contributed by atoms with E-state index in [1.54, 1.807) is 4.90 Å². The molecule has 2 aromatic carbocycles. The third kappa shape index (κ3) is 5.18. The van der Waals surface area contributed by atoms with Crippen LogP contribution in [0.3, 0.4) is 0 Å². The first-order valence-electron chi connectivity index (χ1n) is 8.50. The van der Waals surface area contributed by atoms with E-state index < -0.39 is 0 Å². The zero-order valence-corrected chi connectivity index (χ0v) is 15.6. The Labute approximate surface area is 149 Å². The molecule has 0 fully saturated rings. The third-order valence-electron chi connectivity index (χ3n) is 4.12. The summed E-state index contributed by atoms with van der Waals surface area (Å²) >= 11 is 0. The van der Waals surface area contributed by atoms with Gasteiger partial charge in [0.1, 0.15) is 0 Å². The summed E-state index contributed by atoms with van der Waals surface area (Å²) in [7, 11) is 0. The van der Waals surface area contributed by atoms with Crippen molar-refractivity contribution in [3.63, 3.8) is 0 Å². The summed E-state index contributed by atoms with van der Waals surface area (Å²) in [4.78, 5) is 26.0. The topological polar surface area (TPSA) is 49.4 Å². The highest BCUT2D eigenvalue weighted by atomic mass is 16.2. The van der Waals surface area contributed by atoms with Gasteiger partial charge in [-0.2, -0.15) is 0 Å². The summed E-state index contributed by atoms with van der Waals surface area (Å²) in [6.07, 6.45) is 0.250. The van der Waals surface area contributed by atoms with Gasteiger partial charge in [-0.05, 0) is 62.6 Å². The molecule has 0 aromatic heterocycles. The van der Waals surface area contributed by atoms with E-state index in [4.69, 9.17) is 0 Å². The molecule has 0 aliphatic rings. The maximum atomic E-state index is 12.3. The van der Waals surface area contributed by atoms with E-state index in [0.29, 0.717) is 6.54 Å². The second kappa shape index (κ2) is 7.97. The number of anilines is 2. The van der Waals surface area contributed by atoms with E-state index in [-0.39, 0.29) is 18.2 Å². The third-order valence-corrected chi connectivity index (χ3v) is 4.12. The van der Waals surface area contributed by atoms with Crippen LogP contribution in [-0.4, -0.2) is 18.4 Å². The molecule has 0 saturated heterocycles. The Morgan fingerprint density at radius 2 is 1.56 bits per heavy atom. The van der Waals surface area contributed by atoms with Crippen LogP contribution < -0.4 is 10.2 Å². The largest absolute Gasteiger partial charge is 0.326 e. The molecule has 0 aliphatic carbocycles. The van der Waals surface area contributed by atoms with Crippen molar-refractivity contribution >= 4 is 23.2 Å². The van der Waals surface area contributed by atoms with Crippen molar-refractivity contribution in [2.75, 3.05) is 16.8 Å². The quantitative estimate of drug-likeness (QED) is 0.883. The average Bonchev–Trinajstić information content (AvgIpc) is 2.49. The van der Waals surface area contributed by atoms with Crippen molar-refractivity contribution in [2.24, 2.45) is 0 Å². The Kier molecular flexibility index (Phi) is 5.97. The highest BCUT2D eigenvalue weighted by Crippen LogP contribution is 2.20. The van der Waals surface area contributed by atoms with Crippen LogP contribution >= 0.6 is 0 Å². The van der Waals surface area contributed by atoms with E-state index in [0.717, 1.165) is 33.6 Å². The Bertz CT molecular complexity index is 776. The fourth-order valence-corrected chi connectivity index (χ4v) is 2.95. The van der Waals surface area contributed by atoms with Gasteiger partial charge in [0.25, 0.3) is 0 Å². The zero-order chi connectivity index (χ0) is 18.6. The molecule has 0 spiro atoms. The summed E-state index contributed by atoms with van der Waals surface area (Å²) < 4.78 is 0. The normalized spacial score (nSPS) is 10.4. The van der Waals surface area contributed by atoms with Crippen LogP contribution in [0.5, 0.6) is 0 Å². The molecule has 1 N–H and O–H groups in total. The number of nitrogens with zero attached hydrogens (tertiary/aromatic N) is 1. The average molecular weight is 338 g/mol. The number of carbonyl (C=O) groups is 2. The molecule has 0 unspecified atom stereocenters. The molecule has 2 amide bonds. The van der Waals surface area contributed by atoms with Gasteiger partial charge in [-0.3, -0.25) is 9.59 Å². The van der Waals surface area contributed by atoms with Gasteiger partial charge in [0, 0.05) is 31.3 Å². The summed E-state index contributed by atoms with van der Waals surface area (Å²) in [5.74, 6) is -0.160. The lowest BCUT2D eigenvalue weighted by Gasteiger charge is -2.22. The molecule has 2 rings (SSSR count). The fourth-order valence-electron chi connectivity index (χ4n) is 2.95. The van der Waals surface area contributed by atoms with Crippen LogP contribution in [-0.2, 0) is 9.59 Å². The first kappa shape index (κ1) is 18.7. The van der Waals surface area contributed by atoms with E-state index >= 15 is 0 Å². The number of nitrogens with one attached hydrogen (secondary N) is 1. The second-order valence-electron chi connectivity index (χ2n) is 6.63. The Morgan fingerprint density at radius 3 is 2.12 bits per heavy atom. The lowest BCUT2D eigenvalue weighted by molar-refractivity contribution is -0.117. The molecule has 0 heterocycles. The van der Waals surface area contributed by atoms with Crippen molar-refractivity contribution in [2.45, 2.75) is 41.0 Å². The van der Waals surface area contributed by atoms with Gasteiger partial charge in [0.2, 0.25) is 11.8 Å². The maximum absolute atomic E-state index is 12.3. The lowest BCUT2D eigenvalue weighted by Crippen LogP contribution is -2.32. The van der Waals surface area contributed by atoms with Gasteiger partial charge in [0.15, 0.2) is 0 Å². The van der Waals surface area contributed by atoms with Crippen LogP contribution in [0.15, 0.2) is 36.4 Å². The first-order chi connectivity index (χ1) is 11.8.